The Bertz CT molecular complexity index is 766. The second-order valence-corrected chi connectivity index (χ2v) is 6.99. The third-order valence-corrected chi connectivity index (χ3v) is 4.57. The number of benzene rings is 2. The molecule has 1 N–H and O–H groups in total. The van der Waals surface area contributed by atoms with Crippen LogP contribution < -0.4 is 14.8 Å². The van der Waals surface area contributed by atoms with Crippen molar-refractivity contribution < 1.29 is 14.3 Å². The molecule has 1 unspecified atom stereocenters. The SMILES string of the molecule is Cc1cc(Cl)ccc1OCC(=O)NC1CCOc2ccc(Br)cc21. The zero-order valence-corrected chi connectivity index (χ0v) is 15.5. The lowest BCUT2D eigenvalue weighted by Gasteiger charge is -2.27. The molecule has 4 nitrogen and oxygen atoms in total. The average molecular weight is 411 g/mol. The summed E-state index contributed by atoms with van der Waals surface area (Å²) in [6.07, 6.45) is 0.731. The molecule has 0 saturated heterocycles. The van der Waals surface area contributed by atoms with Gasteiger partial charge in [-0.05, 0) is 48.9 Å². The van der Waals surface area contributed by atoms with Crippen LogP contribution in [-0.4, -0.2) is 19.1 Å². The minimum Gasteiger partial charge on any atom is -0.493 e. The van der Waals surface area contributed by atoms with Crippen LogP contribution in [0.3, 0.4) is 0 Å². The summed E-state index contributed by atoms with van der Waals surface area (Å²) in [6.45, 7) is 2.44. The lowest BCUT2D eigenvalue weighted by molar-refractivity contribution is -0.124. The Labute approximate surface area is 154 Å². The van der Waals surface area contributed by atoms with Crippen LogP contribution in [0.4, 0.5) is 0 Å². The number of amides is 1. The van der Waals surface area contributed by atoms with Crippen LogP contribution in [0.15, 0.2) is 40.9 Å². The maximum Gasteiger partial charge on any atom is 0.258 e. The van der Waals surface area contributed by atoms with Crippen molar-refractivity contribution in [1.82, 2.24) is 5.32 Å². The molecule has 1 aliphatic rings. The molecule has 6 heteroatoms. The van der Waals surface area contributed by atoms with Gasteiger partial charge in [0, 0.05) is 21.5 Å². The van der Waals surface area contributed by atoms with Gasteiger partial charge in [0.25, 0.3) is 5.91 Å². The van der Waals surface area contributed by atoms with E-state index in [0.29, 0.717) is 17.4 Å². The number of carbonyl (C=O) groups is 1. The number of ether oxygens (including phenoxy) is 2. The molecule has 3 rings (SSSR count). The molecule has 0 aliphatic carbocycles. The first-order chi connectivity index (χ1) is 11.5. The van der Waals surface area contributed by atoms with Crippen molar-refractivity contribution in [2.75, 3.05) is 13.2 Å². The molecule has 1 amide bonds. The predicted molar refractivity (Wildman–Crippen MR) is 96.8 cm³/mol. The third-order valence-electron chi connectivity index (χ3n) is 3.84. The minimum absolute atomic E-state index is 0.0385. The lowest BCUT2D eigenvalue weighted by atomic mass is 10.0. The van der Waals surface area contributed by atoms with Crippen LogP contribution in [0.25, 0.3) is 0 Å². The first kappa shape index (κ1) is 17.1. The van der Waals surface area contributed by atoms with E-state index in [1.54, 1.807) is 18.2 Å². The highest BCUT2D eigenvalue weighted by atomic mass is 79.9. The summed E-state index contributed by atoms with van der Waals surface area (Å²) < 4.78 is 12.2. The number of halogens is 2. The van der Waals surface area contributed by atoms with E-state index in [-0.39, 0.29) is 18.6 Å². The van der Waals surface area contributed by atoms with Crippen LogP contribution in [0, 0.1) is 6.92 Å². The average Bonchev–Trinajstić information content (AvgIpc) is 2.54. The molecule has 2 aromatic rings. The van der Waals surface area contributed by atoms with Gasteiger partial charge in [0.15, 0.2) is 6.61 Å². The third kappa shape index (κ3) is 4.02. The Hall–Kier alpha value is -1.72. The van der Waals surface area contributed by atoms with Gasteiger partial charge in [-0.1, -0.05) is 27.5 Å². The van der Waals surface area contributed by atoms with Crippen molar-refractivity contribution in [1.29, 1.82) is 0 Å². The van der Waals surface area contributed by atoms with Crippen LogP contribution in [0.5, 0.6) is 11.5 Å². The quantitative estimate of drug-likeness (QED) is 0.811. The fraction of sp³-hybridized carbons (Fsp3) is 0.278. The van der Waals surface area contributed by atoms with Crippen molar-refractivity contribution >= 4 is 33.4 Å². The zero-order chi connectivity index (χ0) is 17.1. The predicted octanol–water partition coefficient (Wildman–Crippen LogP) is 4.43. The van der Waals surface area contributed by atoms with Crippen molar-refractivity contribution in [3.05, 3.63) is 57.0 Å². The summed E-state index contributed by atoms with van der Waals surface area (Å²) in [5, 5.41) is 3.66. The molecule has 0 bridgehead atoms. The van der Waals surface area contributed by atoms with Gasteiger partial charge < -0.3 is 14.8 Å². The Kier molecular flexibility index (Phi) is 5.31. The summed E-state index contributed by atoms with van der Waals surface area (Å²) >= 11 is 9.37. The molecular formula is C18H17BrClNO3. The number of fused-ring (bicyclic) bond motifs is 1. The second-order valence-electron chi connectivity index (χ2n) is 5.64. The Morgan fingerprint density at radius 2 is 2.21 bits per heavy atom. The highest BCUT2D eigenvalue weighted by molar-refractivity contribution is 9.10. The van der Waals surface area contributed by atoms with Gasteiger partial charge in [-0.3, -0.25) is 4.79 Å². The molecule has 0 aromatic heterocycles. The normalized spacial score (nSPS) is 16.0. The maximum absolute atomic E-state index is 12.2. The summed E-state index contributed by atoms with van der Waals surface area (Å²) in [5.41, 5.74) is 1.88. The molecule has 1 aliphatic heterocycles. The van der Waals surface area contributed by atoms with E-state index in [1.165, 1.54) is 0 Å². The van der Waals surface area contributed by atoms with E-state index in [4.69, 9.17) is 21.1 Å². The molecule has 126 valence electrons. The van der Waals surface area contributed by atoms with E-state index in [1.807, 2.05) is 25.1 Å². The monoisotopic (exact) mass is 409 g/mol. The number of hydrogen-bond acceptors (Lipinski definition) is 3. The van der Waals surface area contributed by atoms with Crippen LogP contribution in [0.1, 0.15) is 23.6 Å². The first-order valence-corrected chi connectivity index (χ1v) is 8.80. The van der Waals surface area contributed by atoms with Gasteiger partial charge in [0.05, 0.1) is 12.6 Å². The molecular weight excluding hydrogens is 394 g/mol. The summed E-state index contributed by atoms with van der Waals surface area (Å²) in [5.74, 6) is 1.30. The van der Waals surface area contributed by atoms with Gasteiger partial charge in [0.2, 0.25) is 0 Å². The zero-order valence-electron chi connectivity index (χ0n) is 13.1. The molecule has 1 heterocycles. The molecule has 1 atom stereocenters. The summed E-state index contributed by atoms with van der Waals surface area (Å²) in [7, 11) is 0. The first-order valence-electron chi connectivity index (χ1n) is 7.63. The van der Waals surface area contributed by atoms with Crippen molar-refractivity contribution in [3.63, 3.8) is 0 Å². The molecule has 0 radical (unpaired) electrons. The fourth-order valence-electron chi connectivity index (χ4n) is 2.67. The van der Waals surface area contributed by atoms with Gasteiger partial charge in [0.1, 0.15) is 11.5 Å². The number of rotatable bonds is 4. The number of nitrogens with one attached hydrogen (secondary N) is 1. The Balaban J connectivity index is 1.63. The van der Waals surface area contributed by atoms with E-state index >= 15 is 0 Å². The fourth-order valence-corrected chi connectivity index (χ4v) is 3.27. The maximum atomic E-state index is 12.2. The van der Waals surface area contributed by atoms with Gasteiger partial charge in [-0.25, -0.2) is 0 Å². The van der Waals surface area contributed by atoms with Crippen LogP contribution in [-0.2, 0) is 4.79 Å². The van der Waals surface area contributed by atoms with Crippen LogP contribution >= 0.6 is 27.5 Å². The number of hydrogen-bond donors (Lipinski definition) is 1. The number of carbonyl (C=O) groups excluding carboxylic acids is 1. The molecule has 0 spiro atoms. The van der Waals surface area contributed by atoms with E-state index in [2.05, 4.69) is 21.2 Å². The van der Waals surface area contributed by atoms with Gasteiger partial charge in [-0.2, -0.15) is 0 Å². The molecule has 0 saturated carbocycles. The van der Waals surface area contributed by atoms with Crippen molar-refractivity contribution in [3.8, 4) is 11.5 Å². The smallest absolute Gasteiger partial charge is 0.258 e. The molecule has 24 heavy (non-hydrogen) atoms. The topological polar surface area (TPSA) is 47.6 Å². The molecule has 0 fully saturated rings. The van der Waals surface area contributed by atoms with Crippen molar-refractivity contribution in [2.45, 2.75) is 19.4 Å². The largest absolute Gasteiger partial charge is 0.493 e. The van der Waals surface area contributed by atoms with E-state index in [0.717, 1.165) is 27.8 Å². The lowest BCUT2D eigenvalue weighted by Crippen LogP contribution is -2.35. The van der Waals surface area contributed by atoms with Crippen molar-refractivity contribution in [2.24, 2.45) is 0 Å². The minimum atomic E-state index is -0.165. The highest BCUT2D eigenvalue weighted by Gasteiger charge is 2.23. The summed E-state index contributed by atoms with van der Waals surface area (Å²) in [4.78, 5) is 12.2. The summed E-state index contributed by atoms with van der Waals surface area (Å²) in [6, 6.07) is 11.1. The van der Waals surface area contributed by atoms with Gasteiger partial charge >= 0.3 is 0 Å². The van der Waals surface area contributed by atoms with Gasteiger partial charge in [-0.15, -0.1) is 0 Å². The number of aryl methyl sites for hydroxylation is 1. The van der Waals surface area contributed by atoms with E-state index < -0.39 is 0 Å². The highest BCUT2D eigenvalue weighted by Crippen LogP contribution is 2.34. The Morgan fingerprint density at radius 1 is 1.38 bits per heavy atom. The molecule has 2 aromatic carbocycles. The standard InChI is InChI=1S/C18H17BrClNO3/c1-11-8-13(20)3-5-16(11)24-10-18(22)21-15-6-7-23-17-4-2-12(19)9-14(15)17/h2-5,8-9,15H,6-7,10H2,1H3,(H,21,22). The second kappa shape index (κ2) is 7.45. The van der Waals surface area contributed by atoms with E-state index in [9.17, 15) is 4.79 Å². The van der Waals surface area contributed by atoms with Crippen LogP contribution in [0.2, 0.25) is 5.02 Å². The Morgan fingerprint density at radius 3 is 3.00 bits per heavy atom.